The Hall–Kier alpha value is -1.18. The number of hydrogen-bond donors (Lipinski definition) is 1. The first kappa shape index (κ1) is 24.1. The molecule has 1 heterocycles. The predicted molar refractivity (Wildman–Crippen MR) is 118 cm³/mol. The summed E-state index contributed by atoms with van der Waals surface area (Å²) in [5, 5.41) is 21.7. The average Bonchev–Trinajstić information content (AvgIpc) is 3.49. The maximum Gasteiger partial charge on any atom is 0.109 e. The van der Waals surface area contributed by atoms with E-state index in [0.717, 1.165) is 57.8 Å². The van der Waals surface area contributed by atoms with E-state index in [-0.39, 0.29) is 11.1 Å². The lowest BCUT2D eigenvalue weighted by Crippen LogP contribution is -2.58. The summed E-state index contributed by atoms with van der Waals surface area (Å²) in [5.74, 6) is 0.734. The fraction of sp³-hybridized carbons (Fsp3) is 0.913. The minimum absolute atomic E-state index is 0.121. The topological polar surface area (TPSA) is 69.3 Å². The highest BCUT2D eigenvalue weighted by molar-refractivity contribution is 5.21. The molecule has 1 N–H and O–H groups in total. The van der Waals surface area contributed by atoms with Crippen LogP contribution in [0.4, 0.5) is 0 Å². The van der Waals surface area contributed by atoms with Crippen molar-refractivity contribution in [3.8, 4) is 12.1 Å². The Labute approximate surface area is 178 Å². The molecular weight excluding hydrogens is 360 g/mol. The Morgan fingerprint density at radius 3 is 1.66 bits per heavy atom. The second kappa shape index (κ2) is 9.75. The van der Waals surface area contributed by atoms with Gasteiger partial charge < -0.3 is 10.2 Å². The number of nitrogens with one attached hydrogen (secondary N) is 1. The van der Waals surface area contributed by atoms with Gasteiger partial charge in [0, 0.05) is 44.3 Å². The van der Waals surface area contributed by atoms with Crippen LogP contribution in [0.5, 0.6) is 0 Å². The Balaban J connectivity index is 0.000000208. The molecule has 1 saturated heterocycles. The summed E-state index contributed by atoms with van der Waals surface area (Å²) >= 11 is 0. The van der Waals surface area contributed by atoms with Crippen LogP contribution < -0.4 is 5.32 Å². The van der Waals surface area contributed by atoms with E-state index >= 15 is 0 Å². The lowest BCUT2D eigenvalue weighted by molar-refractivity contribution is 0.0604. The zero-order chi connectivity index (χ0) is 21.8. The van der Waals surface area contributed by atoms with E-state index in [1.165, 1.54) is 0 Å². The molecule has 1 aliphatic heterocycles. The minimum Gasteiger partial charge on any atom is -0.316 e. The van der Waals surface area contributed by atoms with Gasteiger partial charge in [0.25, 0.3) is 0 Å². The van der Waals surface area contributed by atoms with Crippen LogP contribution >= 0.6 is 0 Å². The second-order valence-electron chi connectivity index (χ2n) is 10.0. The van der Waals surface area contributed by atoms with Crippen molar-refractivity contribution in [2.45, 2.75) is 89.5 Å². The monoisotopic (exact) mass is 402 g/mol. The number of likely N-dealkylation sites (N-methyl/N-ethyl adjacent to an activating group) is 1. The van der Waals surface area contributed by atoms with Crippen LogP contribution in [0.1, 0.15) is 60.3 Å². The van der Waals surface area contributed by atoms with Gasteiger partial charge >= 0.3 is 0 Å². The summed E-state index contributed by atoms with van der Waals surface area (Å²) < 4.78 is 0. The normalized spacial score (nSPS) is 22.7. The van der Waals surface area contributed by atoms with E-state index in [0.29, 0.717) is 18.1 Å². The van der Waals surface area contributed by atoms with Crippen LogP contribution in [0.15, 0.2) is 0 Å². The van der Waals surface area contributed by atoms with Gasteiger partial charge in [-0.25, -0.2) is 0 Å². The highest BCUT2D eigenvalue weighted by Crippen LogP contribution is 2.44. The number of nitriles is 2. The van der Waals surface area contributed by atoms with Crippen molar-refractivity contribution in [1.29, 1.82) is 10.5 Å². The summed E-state index contributed by atoms with van der Waals surface area (Å²) in [6.07, 6.45) is 4.22. The molecule has 2 saturated carbocycles. The third-order valence-corrected chi connectivity index (χ3v) is 6.81. The summed E-state index contributed by atoms with van der Waals surface area (Å²) in [5.41, 5.74) is -0.243. The molecule has 29 heavy (non-hydrogen) atoms. The molecule has 1 unspecified atom stereocenters. The maximum absolute atomic E-state index is 9.29. The molecule has 0 aromatic carbocycles. The number of hydrogen-bond acceptors (Lipinski definition) is 6. The molecule has 0 spiro atoms. The van der Waals surface area contributed by atoms with Gasteiger partial charge in [0.2, 0.25) is 0 Å². The third kappa shape index (κ3) is 5.70. The molecule has 6 nitrogen and oxygen atoms in total. The maximum atomic E-state index is 9.29. The fourth-order valence-electron chi connectivity index (χ4n) is 4.64. The van der Waals surface area contributed by atoms with E-state index in [1.807, 2.05) is 0 Å². The third-order valence-electron chi connectivity index (χ3n) is 6.81. The first-order valence-electron chi connectivity index (χ1n) is 11.4. The first-order valence-corrected chi connectivity index (χ1v) is 11.4. The van der Waals surface area contributed by atoms with Gasteiger partial charge in [-0.05, 0) is 80.3 Å². The van der Waals surface area contributed by atoms with E-state index in [2.05, 4.69) is 80.9 Å². The van der Waals surface area contributed by atoms with E-state index in [9.17, 15) is 5.26 Å². The van der Waals surface area contributed by atoms with Gasteiger partial charge in [-0.1, -0.05) is 0 Å². The lowest BCUT2D eigenvalue weighted by atomic mass is 9.91. The molecule has 6 heteroatoms. The van der Waals surface area contributed by atoms with Gasteiger partial charge in [-0.3, -0.25) is 9.80 Å². The second-order valence-corrected chi connectivity index (χ2v) is 10.0. The molecule has 0 radical (unpaired) electrons. The van der Waals surface area contributed by atoms with Crippen LogP contribution in [0, 0.1) is 28.6 Å². The van der Waals surface area contributed by atoms with E-state index in [4.69, 9.17) is 5.26 Å². The van der Waals surface area contributed by atoms with Crippen molar-refractivity contribution in [2.24, 2.45) is 5.92 Å². The van der Waals surface area contributed by atoms with Crippen molar-refractivity contribution in [3.63, 3.8) is 0 Å². The van der Waals surface area contributed by atoms with Gasteiger partial charge in [-0.2, -0.15) is 10.5 Å². The molecule has 164 valence electrons. The SMILES string of the molecule is CC(C)N(C(C)C1CNC1)C1(C#N)CC1.CC(C)N(CCN(C)C)C1(C#N)CC1. The summed E-state index contributed by atoms with van der Waals surface area (Å²) in [7, 11) is 4.15. The van der Waals surface area contributed by atoms with Crippen molar-refractivity contribution in [3.05, 3.63) is 0 Å². The van der Waals surface area contributed by atoms with Crippen LogP contribution in [0.3, 0.4) is 0 Å². The quantitative estimate of drug-likeness (QED) is 0.639. The molecule has 3 fully saturated rings. The van der Waals surface area contributed by atoms with E-state index in [1.54, 1.807) is 0 Å². The number of nitrogens with zero attached hydrogens (tertiary/aromatic N) is 5. The molecular formula is C23H42N6. The van der Waals surface area contributed by atoms with Crippen molar-refractivity contribution >= 4 is 0 Å². The van der Waals surface area contributed by atoms with Gasteiger partial charge in [0.15, 0.2) is 0 Å². The molecule has 0 amide bonds. The zero-order valence-corrected chi connectivity index (χ0v) is 19.7. The van der Waals surface area contributed by atoms with Crippen LogP contribution in [0.2, 0.25) is 0 Å². The first-order chi connectivity index (χ1) is 13.6. The van der Waals surface area contributed by atoms with Gasteiger partial charge in [-0.15, -0.1) is 0 Å². The average molecular weight is 403 g/mol. The number of rotatable bonds is 9. The predicted octanol–water partition coefficient (Wildman–Crippen LogP) is 2.68. The smallest absolute Gasteiger partial charge is 0.109 e. The highest BCUT2D eigenvalue weighted by atomic mass is 15.3. The summed E-state index contributed by atoms with van der Waals surface area (Å²) in [6, 6.07) is 6.47. The molecule has 0 aromatic heterocycles. The van der Waals surface area contributed by atoms with Gasteiger partial charge in [0.1, 0.15) is 11.1 Å². The molecule has 1 atom stereocenters. The molecule has 0 aromatic rings. The largest absolute Gasteiger partial charge is 0.316 e. The molecule has 0 bridgehead atoms. The molecule has 3 aliphatic rings. The lowest BCUT2D eigenvalue weighted by Gasteiger charge is -2.44. The Morgan fingerprint density at radius 2 is 1.38 bits per heavy atom. The molecule has 3 rings (SSSR count). The van der Waals surface area contributed by atoms with Crippen molar-refractivity contribution in [2.75, 3.05) is 40.3 Å². The highest BCUT2D eigenvalue weighted by Gasteiger charge is 2.52. The van der Waals surface area contributed by atoms with E-state index < -0.39 is 0 Å². The fourth-order valence-corrected chi connectivity index (χ4v) is 4.64. The van der Waals surface area contributed by atoms with Crippen LogP contribution in [-0.2, 0) is 0 Å². The summed E-state index contributed by atoms with van der Waals surface area (Å²) in [6.45, 7) is 15.3. The van der Waals surface area contributed by atoms with Crippen molar-refractivity contribution in [1.82, 2.24) is 20.0 Å². The van der Waals surface area contributed by atoms with Crippen molar-refractivity contribution < 1.29 is 0 Å². The Bertz CT molecular complexity index is 602. The van der Waals surface area contributed by atoms with Crippen LogP contribution in [0.25, 0.3) is 0 Å². The summed E-state index contributed by atoms with van der Waals surface area (Å²) in [4.78, 5) is 6.95. The zero-order valence-electron chi connectivity index (χ0n) is 19.7. The minimum atomic E-state index is -0.122. The van der Waals surface area contributed by atoms with Crippen LogP contribution in [-0.4, -0.2) is 84.2 Å². The standard InChI is InChI=1S/C12H21N3.C11H21N3/c1-9(2)15(12(8-13)4-5-12)10(3)11-6-14-7-11;1-10(2)14(8-7-13(3)4)11(9-12)5-6-11/h9-11,14H,4-7H2,1-3H3;10H,5-8H2,1-4H3. The molecule has 2 aliphatic carbocycles. The Kier molecular flexibility index (Phi) is 8.10. The van der Waals surface area contributed by atoms with Gasteiger partial charge in [0.05, 0.1) is 12.1 Å². The Morgan fingerprint density at radius 1 is 0.862 bits per heavy atom.